The molecule has 0 aliphatic carbocycles. The number of pyridine rings is 1. The number of H-pyrrole nitrogens is 1. The normalized spacial score (nSPS) is 15.1. The lowest BCUT2D eigenvalue weighted by Gasteiger charge is -2.28. The van der Waals surface area contributed by atoms with E-state index in [-0.39, 0.29) is 5.91 Å². The molecule has 0 aromatic carbocycles. The molecule has 10 nitrogen and oxygen atoms in total. The van der Waals surface area contributed by atoms with Crippen molar-refractivity contribution in [3.63, 3.8) is 0 Å². The second kappa shape index (κ2) is 9.02. The SMILES string of the molecule is N#Cc1ccc2ncc(-c3nccc([NH2+]C=C4CCCN(C(=O)Cc5cnc[nH]5)C4)n3)n2c1. The molecule has 1 aliphatic heterocycles. The minimum atomic E-state index is 0.0959. The van der Waals surface area contributed by atoms with Gasteiger partial charge in [0.05, 0.1) is 30.7 Å². The lowest BCUT2D eigenvalue weighted by molar-refractivity contribution is -0.501. The van der Waals surface area contributed by atoms with Gasteiger partial charge < -0.3 is 9.88 Å². The fraction of sp³-hybridized carbons (Fsp3) is 0.217. The van der Waals surface area contributed by atoms with Crippen LogP contribution in [0.5, 0.6) is 0 Å². The molecule has 5 heterocycles. The van der Waals surface area contributed by atoms with Gasteiger partial charge in [-0.25, -0.2) is 15.0 Å². The van der Waals surface area contributed by atoms with E-state index >= 15 is 0 Å². The van der Waals surface area contributed by atoms with E-state index in [0.29, 0.717) is 24.4 Å². The molecular weight excluding hydrogens is 418 g/mol. The fourth-order valence-electron chi connectivity index (χ4n) is 3.91. The first-order valence-corrected chi connectivity index (χ1v) is 10.7. The number of hydrogen-bond donors (Lipinski definition) is 2. The molecule has 0 saturated carbocycles. The molecule has 4 aromatic heterocycles. The van der Waals surface area contributed by atoms with Gasteiger partial charge in [0, 0.05) is 49.0 Å². The first kappa shape index (κ1) is 20.5. The minimum Gasteiger partial charge on any atom is -0.348 e. The van der Waals surface area contributed by atoms with E-state index in [1.54, 1.807) is 43.2 Å². The highest BCUT2D eigenvalue weighted by Crippen LogP contribution is 2.19. The van der Waals surface area contributed by atoms with Gasteiger partial charge in [0.1, 0.15) is 17.4 Å². The molecule has 0 spiro atoms. The molecule has 164 valence electrons. The van der Waals surface area contributed by atoms with Crippen LogP contribution in [0.4, 0.5) is 5.82 Å². The Morgan fingerprint density at radius 1 is 1.27 bits per heavy atom. The maximum atomic E-state index is 12.6. The Hall–Kier alpha value is -4.36. The zero-order chi connectivity index (χ0) is 22.6. The van der Waals surface area contributed by atoms with Crippen LogP contribution in [-0.4, -0.2) is 53.2 Å². The average Bonchev–Trinajstić information content (AvgIpc) is 3.52. The molecule has 1 fully saturated rings. The Morgan fingerprint density at radius 2 is 2.21 bits per heavy atom. The van der Waals surface area contributed by atoms with Crippen LogP contribution < -0.4 is 5.32 Å². The van der Waals surface area contributed by atoms with Gasteiger partial charge in [-0.05, 0) is 25.0 Å². The molecule has 5 rings (SSSR count). The predicted octanol–water partition coefficient (Wildman–Crippen LogP) is 1.33. The highest BCUT2D eigenvalue weighted by Gasteiger charge is 2.21. The van der Waals surface area contributed by atoms with E-state index in [2.05, 4.69) is 31.0 Å². The van der Waals surface area contributed by atoms with Crippen LogP contribution in [0.2, 0.25) is 0 Å². The average molecular weight is 440 g/mol. The molecule has 3 N–H and O–H groups in total. The summed E-state index contributed by atoms with van der Waals surface area (Å²) in [5, 5.41) is 11.1. The van der Waals surface area contributed by atoms with Gasteiger partial charge in [-0.1, -0.05) is 0 Å². The lowest BCUT2D eigenvalue weighted by Crippen LogP contribution is -2.72. The maximum absolute atomic E-state index is 12.6. The molecule has 1 saturated heterocycles. The number of nitrogens with zero attached hydrogens (tertiary/aromatic N) is 7. The molecule has 1 amide bonds. The van der Waals surface area contributed by atoms with Crippen LogP contribution in [0.15, 0.2) is 61.1 Å². The van der Waals surface area contributed by atoms with Crippen molar-refractivity contribution in [2.75, 3.05) is 13.1 Å². The van der Waals surface area contributed by atoms with Crippen molar-refractivity contribution >= 4 is 17.4 Å². The number of quaternary nitrogens is 1. The summed E-state index contributed by atoms with van der Waals surface area (Å²) in [6.45, 7) is 1.38. The summed E-state index contributed by atoms with van der Waals surface area (Å²) in [4.78, 5) is 34.9. The molecular formula is C23H22N9O+. The summed E-state index contributed by atoms with van der Waals surface area (Å²) < 4.78 is 1.82. The van der Waals surface area contributed by atoms with Gasteiger partial charge in [-0.2, -0.15) is 10.2 Å². The van der Waals surface area contributed by atoms with Crippen LogP contribution in [0.3, 0.4) is 0 Å². The van der Waals surface area contributed by atoms with Crippen molar-refractivity contribution in [2.24, 2.45) is 0 Å². The number of carbonyl (C=O) groups excluding carboxylic acids is 1. The monoisotopic (exact) mass is 440 g/mol. The van der Waals surface area contributed by atoms with E-state index in [1.165, 1.54) is 5.57 Å². The number of nitrogens with one attached hydrogen (secondary N) is 1. The molecule has 0 radical (unpaired) electrons. The van der Waals surface area contributed by atoms with E-state index in [0.717, 1.165) is 42.2 Å². The number of hydrogen-bond acceptors (Lipinski definition) is 6. The molecule has 33 heavy (non-hydrogen) atoms. The number of likely N-dealkylation sites (tertiary alicyclic amines) is 1. The summed E-state index contributed by atoms with van der Waals surface area (Å²) in [5.74, 6) is 1.39. The van der Waals surface area contributed by atoms with Crippen molar-refractivity contribution < 1.29 is 10.1 Å². The second-order valence-corrected chi connectivity index (χ2v) is 7.87. The largest absolute Gasteiger partial charge is 0.348 e. The quantitative estimate of drug-likeness (QED) is 0.481. The first-order chi connectivity index (χ1) is 16.2. The van der Waals surface area contributed by atoms with E-state index in [9.17, 15) is 10.1 Å². The van der Waals surface area contributed by atoms with E-state index in [1.807, 2.05) is 26.9 Å². The van der Waals surface area contributed by atoms with Crippen LogP contribution in [0.1, 0.15) is 24.1 Å². The minimum absolute atomic E-state index is 0.0959. The molecule has 10 heteroatoms. The van der Waals surface area contributed by atoms with Crippen molar-refractivity contribution in [3.05, 3.63) is 72.3 Å². The highest BCUT2D eigenvalue weighted by molar-refractivity contribution is 5.78. The summed E-state index contributed by atoms with van der Waals surface area (Å²) >= 11 is 0. The Morgan fingerprint density at radius 3 is 3.06 bits per heavy atom. The van der Waals surface area contributed by atoms with Crippen LogP contribution in [0, 0.1) is 11.3 Å². The molecule has 0 unspecified atom stereocenters. The van der Waals surface area contributed by atoms with Gasteiger partial charge >= 0.3 is 0 Å². The second-order valence-electron chi connectivity index (χ2n) is 7.87. The smallest absolute Gasteiger partial charge is 0.232 e. The maximum Gasteiger partial charge on any atom is 0.232 e. The summed E-state index contributed by atoms with van der Waals surface area (Å²) in [5.41, 5.74) is 4.00. The molecule has 1 aliphatic rings. The highest BCUT2D eigenvalue weighted by atomic mass is 16.2. The number of imidazole rings is 2. The number of aromatic amines is 1. The number of amides is 1. The van der Waals surface area contributed by atoms with Gasteiger partial charge in [-0.15, -0.1) is 0 Å². The summed E-state index contributed by atoms with van der Waals surface area (Å²) in [6.07, 6.45) is 12.7. The first-order valence-electron chi connectivity index (χ1n) is 10.7. The number of nitrogens with two attached hydrogens (primary N) is 1. The van der Waals surface area contributed by atoms with Crippen molar-refractivity contribution in [1.82, 2.24) is 34.2 Å². The predicted molar refractivity (Wildman–Crippen MR) is 119 cm³/mol. The molecule has 4 aromatic rings. The topological polar surface area (TPSA) is 132 Å². The van der Waals surface area contributed by atoms with Gasteiger partial charge in [-0.3, -0.25) is 14.5 Å². The number of fused-ring (bicyclic) bond motifs is 1. The zero-order valence-corrected chi connectivity index (χ0v) is 17.8. The van der Waals surface area contributed by atoms with Crippen molar-refractivity contribution in [2.45, 2.75) is 19.3 Å². The van der Waals surface area contributed by atoms with Gasteiger partial charge in [0.15, 0.2) is 5.82 Å². The van der Waals surface area contributed by atoms with E-state index in [4.69, 9.17) is 0 Å². The third-order valence-electron chi connectivity index (χ3n) is 5.60. The van der Waals surface area contributed by atoms with Crippen LogP contribution in [0.25, 0.3) is 17.2 Å². The number of rotatable bonds is 5. The third-order valence-corrected chi connectivity index (χ3v) is 5.60. The van der Waals surface area contributed by atoms with Crippen molar-refractivity contribution in [3.8, 4) is 17.6 Å². The third kappa shape index (κ3) is 4.49. The van der Waals surface area contributed by atoms with Crippen LogP contribution >= 0.6 is 0 Å². The standard InChI is InChI=1S/C23H21N9O/c24-9-16-3-4-21-28-12-19(32(21)14-16)23-26-6-5-20(30-23)27-10-17-2-1-7-31(13-17)22(33)8-18-11-25-15-29-18/h3-6,10-12,14-15H,1-2,7-8,13H2,(H,25,29)(H,26,27,30)/p+1. The molecule has 0 bridgehead atoms. The Labute approximate surface area is 189 Å². The number of carbonyl (C=O) groups is 1. The number of nitriles is 1. The van der Waals surface area contributed by atoms with Crippen LogP contribution in [-0.2, 0) is 11.2 Å². The summed E-state index contributed by atoms with van der Waals surface area (Å²) in [6, 6.07) is 7.51. The zero-order valence-electron chi connectivity index (χ0n) is 17.8. The Kier molecular flexibility index (Phi) is 5.61. The fourth-order valence-corrected chi connectivity index (χ4v) is 3.91. The molecule has 0 atom stereocenters. The van der Waals surface area contributed by atoms with Gasteiger partial charge in [0.25, 0.3) is 0 Å². The van der Waals surface area contributed by atoms with Crippen molar-refractivity contribution in [1.29, 1.82) is 5.26 Å². The van der Waals surface area contributed by atoms with E-state index < -0.39 is 0 Å². The number of piperidine rings is 1. The Balaban J connectivity index is 1.30. The van der Waals surface area contributed by atoms with Gasteiger partial charge in [0.2, 0.25) is 11.7 Å². The number of aromatic nitrogens is 6. The Bertz CT molecular complexity index is 1360. The summed E-state index contributed by atoms with van der Waals surface area (Å²) in [7, 11) is 0. The lowest BCUT2D eigenvalue weighted by atomic mass is 10.1.